The van der Waals surface area contributed by atoms with Crippen LogP contribution in [0.25, 0.3) is 17.0 Å². The zero-order valence-electron chi connectivity index (χ0n) is 10.1. The summed E-state index contributed by atoms with van der Waals surface area (Å²) in [6, 6.07) is 5.73. The van der Waals surface area contributed by atoms with Crippen LogP contribution in [0.2, 0.25) is 0 Å². The molecule has 1 aromatic carbocycles. The monoisotopic (exact) mass is 273 g/mol. The van der Waals surface area contributed by atoms with E-state index in [9.17, 15) is 4.79 Å². The van der Waals surface area contributed by atoms with Crippen molar-refractivity contribution in [1.29, 1.82) is 5.41 Å². The van der Waals surface area contributed by atoms with E-state index in [0.717, 1.165) is 34.0 Å². The lowest BCUT2D eigenvalue weighted by Crippen LogP contribution is -2.18. The average Bonchev–Trinajstić information content (AvgIpc) is 2.93. The van der Waals surface area contributed by atoms with E-state index >= 15 is 0 Å². The maximum atomic E-state index is 11.6. The van der Waals surface area contributed by atoms with E-state index in [0.29, 0.717) is 4.91 Å². The first-order valence-electron chi connectivity index (χ1n) is 5.62. The van der Waals surface area contributed by atoms with Crippen LogP contribution in [0.5, 0.6) is 5.75 Å². The number of fused-ring (bicyclic) bond motifs is 1. The van der Waals surface area contributed by atoms with Gasteiger partial charge in [-0.05, 0) is 36.0 Å². The number of thioether (sulfide) groups is 1. The Balaban J connectivity index is 2.08. The summed E-state index contributed by atoms with van der Waals surface area (Å²) >= 11 is 1.13. The predicted octanol–water partition coefficient (Wildman–Crippen LogP) is 2.32. The molecular weight excluding hydrogens is 262 g/mol. The summed E-state index contributed by atoms with van der Waals surface area (Å²) in [5.41, 5.74) is 1.88. The standard InChI is InChI=1S/C13H11N3O2S/c1-18-8-2-3-10-9(5-8)7(6-15-10)4-11-12(17)16-13(14)19-11/h2-6,15H,1H3,(H2,14,16,17). The van der Waals surface area contributed by atoms with E-state index in [-0.39, 0.29) is 11.1 Å². The molecule has 1 amide bonds. The summed E-state index contributed by atoms with van der Waals surface area (Å²) < 4.78 is 5.20. The normalized spacial score (nSPS) is 17.2. The van der Waals surface area contributed by atoms with Crippen molar-refractivity contribution in [3.63, 3.8) is 0 Å². The molecular formula is C13H11N3O2S. The Morgan fingerprint density at radius 1 is 1.42 bits per heavy atom. The highest BCUT2D eigenvalue weighted by molar-refractivity contribution is 8.18. The molecule has 0 saturated carbocycles. The minimum atomic E-state index is -0.229. The quantitative estimate of drug-likeness (QED) is 0.735. The van der Waals surface area contributed by atoms with Crippen LogP contribution in [0, 0.1) is 5.41 Å². The Morgan fingerprint density at radius 3 is 2.95 bits per heavy atom. The molecule has 1 aliphatic heterocycles. The number of nitrogens with one attached hydrogen (secondary N) is 3. The summed E-state index contributed by atoms with van der Waals surface area (Å²) in [5.74, 6) is 0.537. The Morgan fingerprint density at radius 2 is 2.26 bits per heavy atom. The second-order valence-corrected chi connectivity index (χ2v) is 5.10. The molecule has 1 fully saturated rings. The van der Waals surface area contributed by atoms with Crippen LogP contribution in [0.4, 0.5) is 0 Å². The van der Waals surface area contributed by atoms with Crippen LogP contribution in [-0.2, 0) is 4.79 Å². The van der Waals surface area contributed by atoms with Crippen molar-refractivity contribution in [3.8, 4) is 5.75 Å². The first-order chi connectivity index (χ1) is 9.17. The fourth-order valence-corrected chi connectivity index (χ4v) is 2.64. The van der Waals surface area contributed by atoms with Crippen molar-refractivity contribution in [2.45, 2.75) is 0 Å². The first kappa shape index (κ1) is 11.9. The van der Waals surface area contributed by atoms with Gasteiger partial charge < -0.3 is 15.0 Å². The molecule has 96 valence electrons. The van der Waals surface area contributed by atoms with Crippen LogP contribution >= 0.6 is 11.8 Å². The molecule has 0 radical (unpaired) electrons. The SMILES string of the molecule is COc1ccc2[nH]cc(C=C3SC(=N)NC3=O)c2c1. The molecule has 19 heavy (non-hydrogen) atoms. The lowest BCUT2D eigenvalue weighted by Gasteiger charge is -1.99. The first-order valence-corrected chi connectivity index (χ1v) is 6.43. The van der Waals surface area contributed by atoms with Gasteiger partial charge in [0.25, 0.3) is 5.91 Å². The van der Waals surface area contributed by atoms with Gasteiger partial charge in [0, 0.05) is 22.7 Å². The molecule has 2 heterocycles. The number of aromatic nitrogens is 1. The van der Waals surface area contributed by atoms with Gasteiger partial charge in [0.1, 0.15) is 5.75 Å². The van der Waals surface area contributed by atoms with Crippen molar-refractivity contribution < 1.29 is 9.53 Å². The molecule has 1 aromatic heterocycles. The van der Waals surface area contributed by atoms with Gasteiger partial charge in [0.05, 0.1) is 12.0 Å². The number of H-pyrrole nitrogens is 1. The number of amides is 1. The Kier molecular flexibility index (Phi) is 2.79. The fourth-order valence-electron chi connectivity index (χ4n) is 1.95. The largest absolute Gasteiger partial charge is 0.497 e. The summed E-state index contributed by atoms with van der Waals surface area (Å²) in [4.78, 5) is 15.3. The minimum Gasteiger partial charge on any atom is -0.497 e. The summed E-state index contributed by atoms with van der Waals surface area (Å²) in [6.45, 7) is 0. The van der Waals surface area contributed by atoms with Crippen LogP contribution in [0.3, 0.4) is 0 Å². The van der Waals surface area contributed by atoms with Crippen LogP contribution < -0.4 is 10.1 Å². The molecule has 1 aliphatic rings. The van der Waals surface area contributed by atoms with Gasteiger partial charge >= 0.3 is 0 Å². The second-order valence-electron chi connectivity index (χ2n) is 4.05. The van der Waals surface area contributed by atoms with E-state index in [1.807, 2.05) is 24.4 Å². The molecule has 6 heteroatoms. The number of rotatable bonds is 2. The Bertz CT molecular complexity index is 718. The van der Waals surface area contributed by atoms with Gasteiger partial charge in [-0.1, -0.05) is 0 Å². The van der Waals surface area contributed by atoms with Crippen LogP contribution in [-0.4, -0.2) is 23.2 Å². The number of methoxy groups -OCH3 is 1. The Hall–Kier alpha value is -2.21. The van der Waals surface area contributed by atoms with Gasteiger partial charge in [-0.25, -0.2) is 0 Å². The van der Waals surface area contributed by atoms with Gasteiger partial charge in [0.15, 0.2) is 5.17 Å². The zero-order chi connectivity index (χ0) is 13.4. The number of amidine groups is 1. The number of carbonyl (C=O) groups is 1. The van der Waals surface area contributed by atoms with E-state index in [1.165, 1.54) is 0 Å². The van der Waals surface area contributed by atoms with Gasteiger partial charge in [0.2, 0.25) is 0 Å². The topological polar surface area (TPSA) is 78.0 Å². The van der Waals surface area contributed by atoms with Crippen LogP contribution in [0.15, 0.2) is 29.3 Å². The molecule has 0 spiro atoms. The van der Waals surface area contributed by atoms with E-state index in [4.69, 9.17) is 10.1 Å². The zero-order valence-corrected chi connectivity index (χ0v) is 10.9. The maximum Gasteiger partial charge on any atom is 0.264 e. The summed E-state index contributed by atoms with van der Waals surface area (Å²) in [5, 5.41) is 11.0. The molecule has 2 aromatic rings. The summed E-state index contributed by atoms with van der Waals surface area (Å²) in [7, 11) is 1.62. The van der Waals surface area contributed by atoms with E-state index in [1.54, 1.807) is 13.2 Å². The number of hydrogen-bond donors (Lipinski definition) is 3. The number of benzene rings is 1. The Labute approximate surface area is 113 Å². The molecule has 0 atom stereocenters. The highest BCUT2D eigenvalue weighted by Crippen LogP contribution is 2.29. The lowest BCUT2D eigenvalue weighted by atomic mass is 10.1. The molecule has 0 unspecified atom stereocenters. The maximum absolute atomic E-state index is 11.6. The number of ether oxygens (including phenoxy) is 1. The number of hydrogen-bond acceptors (Lipinski definition) is 4. The minimum absolute atomic E-state index is 0.161. The molecule has 3 rings (SSSR count). The number of aromatic amines is 1. The van der Waals surface area contributed by atoms with Gasteiger partial charge in [-0.3, -0.25) is 10.2 Å². The fraction of sp³-hybridized carbons (Fsp3) is 0.0769. The second kappa shape index (κ2) is 4.47. The third-order valence-corrected chi connectivity index (χ3v) is 3.70. The van der Waals surface area contributed by atoms with Gasteiger partial charge in [-0.15, -0.1) is 0 Å². The van der Waals surface area contributed by atoms with Gasteiger partial charge in [-0.2, -0.15) is 0 Å². The van der Waals surface area contributed by atoms with Crippen molar-refractivity contribution >= 4 is 39.8 Å². The molecule has 1 saturated heterocycles. The highest BCUT2D eigenvalue weighted by Gasteiger charge is 2.22. The predicted molar refractivity (Wildman–Crippen MR) is 76.3 cm³/mol. The smallest absolute Gasteiger partial charge is 0.264 e. The lowest BCUT2D eigenvalue weighted by molar-refractivity contribution is -0.115. The molecule has 0 aliphatic carbocycles. The van der Waals surface area contributed by atoms with E-state index in [2.05, 4.69) is 10.3 Å². The number of carbonyl (C=O) groups excluding carboxylic acids is 1. The summed E-state index contributed by atoms with van der Waals surface area (Å²) in [6.07, 6.45) is 3.62. The average molecular weight is 273 g/mol. The van der Waals surface area contributed by atoms with Crippen molar-refractivity contribution in [2.24, 2.45) is 0 Å². The molecule has 5 nitrogen and oxygen atoms in total. The van der Waals surface area contributed by atoms with Crippen LogP contribution in [0.1, 0.15) is 5.56 Å². The third kappa shape index (κ3) is 2.10. The van der Waals surface area contributed by atoms with Crippen molar-refractivity contribution in [3.05, 3.63) is 34.9 Å². The van der Waals surface area contributed by atoms with E-state index < -0.39 is 0 Å². The van der Waals surface area contributed by atoms with Crippen molar-refractivity contribution in [1.82, 2.24) is 10.3 Å². The third-order valence-electron chi connectivity index (χ3n) is 2.87. The molecule has 3 N–H and O–H groups in total. The highest BCUT2D eigenvalue weighted by atomic mass is 32.2. The van der Waals surface area contributed by atoms with Crippen molar-refractivity contribution in [2.75, 3.05) is 7.11 Å². The molecule has 0 bridgehead atoms.